The molecule has 0 spiro atoms. The molecule has 1 aliphatic heterocycles. The fourth-order valence-corrected chi connectivity index (χ4v) is 5.03. The number of carbonyl (C=O) groups excluding carboxylic acids is 1. The number of benzene rings is 3. The summed E-state index contributed by atoms with van der Waals surface area (Å²) >= 11 is 0. The molecule has 3 aromatic carbocycles. The second kappa shape index (κ2) is 8.99. The van der Waals surface area contributed by atoms with E-state index in [-0.39, 0.29) is 30.4 Å². The second-order valence-corrected chi connectivity index (χ2v) is 9.24. The molecule has 170 valence electrons. The van der Waals surface area contributed by atoms with Crippen molar-refractivity contribution in [3.63, 3.8) is 0 Å². The van der Waals surface area contributed by atoms with Gasteiger partial charge in [-0.25, -0.2) is 4.39 Å². The number of carbonyl (C=O) groups is 1. The van der Waals surface area contributed by atoms with Crippen molar-refractivity contribution in [1.82, 2.24) is 9.80 Å². The molecule has 0 bridgehead atoms. The van der Waals surface area contributed by atoms with Crippen LogP contribution in [0.2, 0.25) is 0 Å². The van der Waals surface area contributed by atoms with Gasteiger partial charge in [-0.15, -0.1) is 0 Å². The molecule has 33 heavy (non-hydrogen) atoms. The molecule has 3 aromatic rings. The van der Waals surface area contributed by atoms with Gasteiger partial charge in [-0.2, -0.15) is 0 Å². The predicted octanol–water partition coefficient (Wildman–Crippen LogP) is 4.90. The minimum Gasteiger partial charge on any atom is -0.484 e. The molecule has 0 N–H and O–H groups in total. The Morgan fingerprint density at radius 1 is 0.939 bits per heavy atom. The smallest absolute Gasteiger partial charge is 0.260 e. The maximum absolute atomic E-state index is 13.2. The van der Waals surface area contributed by atoms with Crippen molar-refractivity contribution in [2.45, 2.75) is 38.9 Å². The van der Waals surface area contributed by atoms with Crippen molar-refractivity contribution in [1.29, 1.82) is 0 Å². The van der Waals surface area contributed by atoms with Crippen LogP contribution in [0.4, 0.5) is 4.39 Å². The lowest BCUT2D eigenvalue weighted by Crippen LogP contribution is -2.58. The molecule has 1 amide bonds. The highest BCUT2D eigenvalue weighted by Gasteiger charge is 2.32. The summed E-state index contributed by atoms with van der Waals surface area (Å²) < 4.78 is 19.1. The number of amides is 1. The summed E-state index contributed by atoms with van der Waals surface area (Å²) in [5.41, 5.74) is 6.21. The largest absolute Gasteiger partial charge is 0.484 e. The Morgan fingerprint density at radius 3 is 2.52 bits per heavy atom. The van der Waals surface area contributed by atoms with Crippen LogP contribution in [0.25, 0.3) is 11.1 Å². The van der Waals surface area contributed by atoms with Gasteiger partial charge in [0.05, 0.1) is 0 Å². The molecule has 1 saturated heterocycles. The Bertz CT molecular complexity index is 1160. The van der Waals surface area contributed by atoms with E-state index in [1.807, 2.05) is 23.1 Å². The van der Waals surface area contributed by atoms with Crippen LogP contribution in [0.3, 0.4) is 0 Å². The molecule has 2 aliphatic rings. The Morgan fingerprint density at radius 2 is 1.70 bits per heavy atom. The molecule has 1 fully saturated rings. The lowest BCUT2D eigenvalue weighted by Gasteiger charge is -2.44. The molecule has 5 heteroatoms. The van der Waals surface area contributed by atoms with E-state index in [0.29, 0.717) is 6.54 Å². The summed E-state index contributed by atoms with van der Waals surface area (Å²) in [5.74, 6) is 0.536. The first-order valence-corrected chi connectivity index (χ1v) is 11.6. The maximum atomic E-state index is 13.2. The number of nitrogens with zero attached hydrogens (tertiary/aromatic N) is 2. The van der Waals surface area contributed by atoms with Gasteiger partial charge in [0.25, 0.3) is 5.91 Å². The zero-order valence-electron chi connectivity index (χ0n) is 19.1. The van der Waals surface area contributed by atoms with E-state index in [0.717, 1.165) is 30.8 Å². The summed E-state index contributed by atoms with van der Waals surface area (Å²) in [4.78, 5) is 17.3. The predicted molar refractivity (Wildman–Crippen MR) is 128 cm³/mol. The van der Waals surface area contributed by atoms with E-state index in [9.17, 15) is 9.18 Å². The molecule has 0 unspecified atom stereocenters. The van der Waals surface area contributed by atoms with Gasteiger partial charge in [-0.3, -0.25) is 9.69 Å². The van der Waals surface area contributed by atoms with Gasteiger partial charge in [0.2, 0.25) is 0 Å². The van der Waals surface area contributed by atoms with Crippen molar-refractivity contribution >= 4 is 5.91 Å². The molecular formula is C28H29FN2O2. The van der Waals surface area contributed by atoms with Gasteiger partial charge in [0.15, 0.2) is 6.61 Å². The lowest BCUT2D eigenvalue weighted by atomic mass is 10.1. The second-order valence-electron chi connectivity index (χ2n) is 9.24. The number of ether oxygens (including phenoxy) is 1. The number of hydrogen-bond donors (Lipinski definition) is 0. The summed E-state index contributed by atoms with van der Waals surface area (Å²) in [6, 6.07) is 21.5. The molecule has 0 aromatic heterocycles. The first-order valence-electron chi connectivity index (χ1n) is 11.6. The van der Waals surface area contributed by atoms with E-state index < -0.39 is 0 Å². The number of halogens is 1. The fourth-order valence-electron chi connectivity index (χ4n) is 5.03. The third-order valence-corrected chi connectivity index (χ3v) is 6.86. The quantitative estimate of drug-likeness (QED) is 0.439. The molecule has 4 nitrogen and oxygen atoms in total. The zero-order chi connectivity index (χ0) is 22.9. The van der Waals surface area contributed by atoms with Gasteiger partial charge >= 0.3 is 0 Å². The van der Waals surface area contributed by atoms with Gasteiger partial charge in [0, 0.05) is 31.7 Å². The number of rotatable bonds is 5. The summed E-state index contributed by atoms with van der Waals surface area (Å²) in [7, 11) is 0. The minimum absolute atomic E-state index is 0.0135. The average molecular weight is 445 g/mol. The van der Waals surface area contributed by atoms with Gasteiger partial charge in [-0.1, -0.05) is 42.5 Å². The first-order chi connectivity index (χ1) is 16.0. The lowest BCUT2D eigenvalue weighted by molar-refractivity contribution is -0.139. The van der Waals surface area contributed by atoms with Gasteiger partial charge in [-0.05, 0) is 72.4 Å². The molecule has 1 heterocycles. The monoisotopic (exact) mass is 444 g/mol. The van der Waals surface area contributed by atoms with Gasteiger partial charge in [0.1, 0.15) is 11.6 Å². The van der Waals surface area contributed by atoms with Crippen LogP contribution in [0, 0.1) is 5.82 Å². The maximum Gasteiger partial charge on any atom is 0.260 e. The van der Waals surface area contributed by atoms with Crippen molar-refractivity contribution in [2.75, 3.05) is 19.7 Å². The molecule has 0 saturated carbocycles. The third kappa shape index (κ3) is 4.51. The molecule has 1 aliphatic carbocycles. The average Bonchev–Trinajstić information content (AvgIpc) is 3.19. The summed E-state index contributed by atoms with van der Waals surface area (Å²) in [6.07, 6.45) is 0.904. The Balaban J connectivity index is 1.18. The minimum atomic E-state index is -0.219. The van der Waals surface area contributed by atoms with E-state index in [4.69, 9.17) is 4.74 Å². The summed E-state index contributed by atoms with van der Waals surface area (Å²) in [6.45, 7) is 6.44. The summed E-state index contributed by atoms with van der Waals surface area (Å²) in [5, 5.41) is 0. The third-order valence-electron chi connectivity index (χ3n) is 6.86. The van der Waals surface area contributed by atoms with Crippen molar-refractivity contribution < 1.29 is 13.9 Å². The van der Waals surface area contributed by atoms with E-state index in [1.54, 1.807) is 0 Å². The van der Waals surface area contributed by atoms with Crippen molar-refractivity contribution in [3.05, 3.63) is 89.2 Å². The van der Waals surface area contributed by atoms with Crippen molar-refractivity contribution in [2.24, 2.45) is 0 Å². The van der Waals surface area contributed by atoms with Crippen LogP contribution in [-0.2, 0) is 17.8 Å². The zero-order valence-corrected chi connectivity index (χ0v) is 19.1. The molecule has 2 atom stereocenters. The van der Waals surface area contributed by atoms with Crippen LogP contribution >= 0.6 is 0 Å². The van der Waals surface area contributed by atoms with E-state index in [1.165, 1.54) is 34.4 Å². The number of hydrogen-bond acceptors (Lipinski definition) is 3. The SMILES string of the molecule is C[C@@H]1CN(C(=O)COc2ccc3c(c2)Cc2ccccc2-3)[C@@H](C)CN1Cc1ccc(F)cc1. The van der Waals surface area contributed by atoms with Crippen LogP contribution in [0.15, 0.2) is 66.7 Å². The van der Waals surface area contributed by atoms with Gasteiger partial charge < -0.3 is 9.64 Å². The van der Waals surface area contributed by atoms with E-state index >= 15 is 0 Å². The standard InChI is InChI=1S/C28H29FN2O2/c1-19-16-31(20(2)15-30(19)17-21-7-9-24(29)10-8-21)28(32)18-33-25-11-12-27-23(14-25)13-22-5-3-4-6-26(22)27/h3-12,14,19-20H,13,15-18H2,1-2H3/t19-,20+/m1/s1. The normalized spacial score (nSPS) is 19.8. The highest BCUT2D eigenvalue weighted by molar-refractivity contribution is 5.79. The van der Waals surface area contributed by atoms with Crippen LogP contribution < -0.4 is 4.74 Å². The fraction of sp³-hybridized carbons (Fsp3) is 0.321. The Kier molecular flexibility index (Phi) is 5.90. The number of fused-ring (bicyclic) bond motifs is 3. The highest BCUT2D eigenvalue weighted by atomic mass is 19.1. The number of piperazine rings is 1. The Labute approximate surface area is 194 Å². The topological polar surface area (TPSA) is 32.8 Å². The molecular weight excluding hydrogens is 415 g/mol. The van der Waals surface area contributed by atoms with Crippen LogP contribution in [0.1, 0.15) is 30.5 Å². The highest BCUT2D eigenvalue weighted by Crippen LogP contribution is 2.38. The van der Waals surface area contributed by atoms with Crippen molar-refractivity contribution in [3.8, 4) is 16.9 Å². The van der Waals surface area contributed by atoms with E-state index in [2.05, 4.69) is 55.1 Å². The first kappa shape index (κ1) is 21.7. The molecule has 5 rings (SSSR count). The Hall–Kier alpha value is -3.18. The van der Waals surface area contributed by atoms with Crippen LogP contribution in [-0.4, -0.2) is 47.5 Å². The van der Waals surface area contributed by atoms with Crippen LogP contribution in [0.5, 0.6) is 5.75 Å². The molecule has 0 radical (unpaired) electrons.